The Balaban J connectivity index is 2.60. The van der Waals surface area contributed by atoms with Gasteiger partial charge in [0.2, 0.25) is 0 Å². The van der Waals surface area contributed by atoms with Gasteiger partial charge in [-0.1, -0.05) is 0 Å². The van der Waals surface area contributed by atoms with Crippen LogP contribution in [0, 0.1) is 0 Å². The zero-order valence-corrected chi connectivity index (χ0v) is 10.2. The molecule has 0 aliphatic carbocycles. The molecule has 0 bridgehead atoms. The molecule has 0 aromatic carbocycles. The van der Waals surface area contributed by atoms with Gasteiger partial charge in [0.15, 0.2) is 0 Å². The lowest BCUT2D eigenvalue weighted by Crippen LogP contribution is -3.10. The predicted molar refractivity (Wildman–Crippen MR) is 56.5 cm³/mol. The minimum absolute atomic E-state index is 0.376. The second kappa shape index (κ2) is 4.49. The minimum atomic E-state index is -0.990. The normalized spacial score (nSPS) is 28.1. The van der Waals surface area contributed by atoms with Crippen LogP contribution in [0.2, 0.25) is 0 Å². The van der Waals surface area contributed by atoms with E-state index in [0.717, 1.165) is 25.9 Å². The molecule has 0 amide bonds. The summed E-state index contributed by atoms with van der Waals surface area (Å²) in [5, 5.41) is 11.0. The number of likely N-dealkylation sites (N-methyl/N-ethyl adjacent to an activating group) is 1. The summed E-state index contributed by atoms with van der Waals surface area (Å²) in [6, 6.07) is 0.376. The lowest BCUT2D eigenvalue weighted by Gasteiger charge is -2.43. The van der Waals surface area contributed by atoms with Gasteiger partial charge in [-0.2, -0.15) is 0 Å². The zero-order chi connectivity index (χ0) is 11.6. The molecule has 0 atom stereocenters. The molecule has 1 N–H and O–H groups in total. The summed E-state index contributed by atoms with van der Waals surface area (Å²) in [6.07, 6.45) is 2.14. The van der Waals surface area contributed by atoms with Crippen molar-refractivity contribution in [2.24, 2.45) is 0 Å². The van der Waals surface area contributed by atoms with Crippen LogP contribution in [-0.4, -0.2) is 49.6 Å². The summed E-state index contributed by atoms with van der Waals surface area (Å²) in [6.45, 7) is 5.68. The number of likely N-dealkylation sites (tertiary alicyclic amines) is 1. The number of hydrogen-bond acceptors (Lipinski definition) is 3. The van der Waals surface area contributed by atoms with Gasteiger partial charge in [0.05, 0.1) is 31.6 Å². The maximum atomic E-state index is 11.0. The first-order valence-corrected chi connectivity index (χ1v) is 5.61. The highest BCUT2D eigenvalue weighted by Crippen LogP contribution is 2.19. The Labute approximate surface area is 91.9 Å². The van der Waals surface area contributed by atoms with Crippen molar-refractivity contribution in [1.29, 1.82) is 0 Å². The maximum absolute atomic E-state index is 11.0. The molecule has 1 rings (SSSR count). The summed E-state index contributed by atoms with van der Waals surface area (Å²) < 4.78 is 0. The number of carbonyl (C=O) groups excluding carboxylic acids is 1. The van der Waals surface area contributed by atoms with Gasteiger partial charge in [-0.05, 0) is 20.9 Å². The molecule has 0 spiro atoms. The Kier molecular flexibility index (Phi) is 3.73. The predicted octanol–water partition coefficient (Wildman–Crippen LogP) is -1.88. The van der Waals surface area contributed by atoms with Crippen LogP contribution in [0.25, 0.3) is 0 Å². The molecule has 0 aromatic rings. The quantitative estimate of drug-likeness (QED) is 0.598. The van der Waals surface area contributed by atoms with Crippen molar-refractivity contribution in [1.82, 2.24) is 4.90 Å². The van der Waals surface area contributed by atoms with Crippen LogP contribution in [0.3, 0.4) is 0 Å². The van der Waals surface area contributed by atoms with Gasteiger partial charge in [0, 0.05) is 18.9 Å². The van der Waals surface area contributed by atoms with Crippen molar-refractivity contribution in [3.8, 4) is 0 Å². The summed E-state index contributed by atoms with van der Waals surface area (Å²) in [7, 11) is 4.07. The largest absolute Gasteiger partial charge is 0.548 e. The van der Waals surface area contributed by atoms with E-state index in [4.69, 9.17) is 0 Å². The van der Waals surface area contributed by atoms with Crippen molar-refractivity contribution >= 4 is 5.97 Å². The Bertz CT molecular complexity index is 233. The van der Waals surface area contributed by atoms with Crippen LogP contribution < -0.4 is 10.0 Å². The molecule has 1 fully saturated rings. The van der Waals surface area contributed by atoms with Gasteiger partial charge in [-0.15, -0.1) is 0 Å². The van der Waals surface area contributed by atoms with E-state index in [0.29, 0.717) is 6.04 Å². The third-order valence-corrected chi connectivity index (χ3v) is 3.74. The molecule has 88 valence electrons. The molecule has 0 unspecified atom stereocenters. The van der Waals surface area contributed by atoms with Crippen molar-refractivity contribution in [3.63, 3.8) is 0 Å². The molecular weight excluding hydrogens is 192 g/mol. The molecule has 4 heteroatoms. The van der Waals surface area contributed by atoms with Crippen LogP contribution in [0.4, 0.5) is 0 Å². The fraction of sp³-hybridized carbons (Fsp3) is 0.909. The van der Waals surface area contributed by atoms with Gasteiger partial charge in [0.25, 0.3) is 0 Å². The third-order valence-electron chi connectivity index (χ3n) is 3.74. The maximum Gasteiger partial charge on any atom is 0.0784 e. The number of carbonyl (C=O) groups is 1. The highest BCUT2D eigenvalue weighted by Gasteiger charge is 2.33. The molecule has 0 aromatic heterocycles. The van der Waals surface area contributed by atoms with E-state index in [2.05, 4.69) is 7.05 Å². The first-order valence-electron chi connectivity index (χ1n) is 5.61. The highest BCUT2D eigenvalue weighted by molar-refractivity contribution is 5.75. The SMILES string of the molecule is CN(C1CC[NH+](C)CC1)C(C)(C)C(=O)[O-]. The Morgan fingerprint density at radius 1 is 1.40 bits per heavy atom. The van der Waals surface area contributed by atoms with Crippen LogP contribution in [0.15, 0.2) is 0 Å². The first kappa shape index (κ1) is 12.5. The Morgan fingerprint density at radius 2 is 1.87 bits per heavy atom. The molecule has 0 saturated carbocycles. The number of carboxylic acid groups (broad SMARTS) is 1. The number of nitrogens with zero attached hydrogens (tertiary/aromatic N) is 1. The number of rotatable bonds is 3. The van der Waals surface area contributed by atoms with Crippen molar-refractivity contribution in [3.05, 3.63) is 0 Å². The second-order valence-electron chi connectivity index (χ2n) is 5.15. The number of piperidine rings is 1. The summed E-state index contributed by atoms with van der Waals surface area (Å²) in [4.78, 5) is 14.5. The van der Waals surface area contributed by atoms with Crippen molar-refractivity contribution in [2.45, 2.75) is 38.3 Å². The van der Waals surface area contributed by atoms with Gasteiger partial charge in [0.1, 0.15) is 0 Å². The summed E-state index contributed by atoms with van der Waals surface area (Å²) >= 11 is 0. The van der Waals surface area contributed by atoms with Crippen LogP contribution in [0.1, 0.15) is 26.7 Å². The molecule has 15 heavy (non-hydrogen) atoms. The summed E-state index contributed by atoms with van der Waals surface area (Å²) in [5.74, 6) is -0.990. The summed E-state index contributed by atoms with van der Waals surface area (Å²) in [5.41, 5.74) is -0.865. The Morgan fingerprint density at radius 3 is 2.27 bits per heavy atom. The highest BCUT2D eigenvalue weighted by atomic mass is 16.4. The van der Waals surface area contributed by atoms with E-state index in [1.165, 1.54) is 4.90 Å². The molecular formula is C11H22N2O2. The van der Waals surface area contributed by atoms with Gasteiger partial charge in [-0.25, -0.2) is 0 Å². The van der Waals surface area contributed by atoms with Gasteiger partial charge >= 0.3 is 0 Å². The second-order valence-corrected chi connectivity index (χ2v) is 5.15. The average molecular weight is 214 g/mol. The monoisotopic (exact) mass is 214 g/mol. The average Bonchev–Trinajstić information content (AvgIpc) is 2.17. The standard InChI is InChI=1S/C11H22N2O2/c1-11(2,10(14)15)13(4)9-5-7-12(3)8-6-9/h9H,5-8H2,1-4H3,(H,14,15). The molecule has 1 heterocycles. The van der Waals surface area contributed by atoms with E-state index in [1.54, 1.807) is 13.8 Å². The Hall–Kier alpha value is -0.610. The van der Waals surface area contributed by atoms with E-state index in [-0.39, 0.29) is 0 Å². The van der Waals surface area contributed by atoms with E-state index in [9.17, 15) is 9.90 Å². The van der Waals surface area contributed by atoms with E-state index >= 15 is 0 Å². The number of aliphatic carboxylic acids is 1. The molecule has 1 aliphatic heterocycles. The van der Waals surface area contributed by atoms with Crippen LogP contribution >= 0.6 is 0 Å². The smallest absolute Gasteiger partial charge is 0.0784 e. The fourth-order valence-electron chi connectivity index (χ4n) is 2.08. The van der Waals surface area contributed by atoms with Gasteiger partial charge in [-0.3, -0.25) is 4.90 Å². The first-order chi connectivity index (χ1) is 6.85. The molecule has 1 saturated heterocycles. The third kappa shape index (κ3) is 2.69. The fourth-order valence-corrected chi connectivity index (χ4v) is 2.08. The van der Waals surface area contributed by atoms with Crippen LogP contribution in [-0.2, 0) is 4.79 Å². The van der Waals surface area contributed by atoms with E-state index < -0.39 is 11.5 Å². The molecule has 1 aliphatic rings. The lowest BCUT2D eigenvalue weighted by atomic mass is 9.96. The zero-order valence-electron chi connectivity index (χ0n) is 10.2. The van der Waals surface area contributed by atoms with Crippen molar-refractivity contribution < 1.29 is 14.8 Å². The van der Waals surface area contributed by atoms with Crippen LogP contribution in [0.5, 0.6) is 0 Å². The minimum Gasteiger partial charge on any atom is -0.548 e. The number of quaternary nitrogens is 1. The lowest BCUT2D eigenvalue weighted by molar-refractivity contribution is -0.885. The number of nitrogens with one attached hydrogen (secondary N) is 1. The topological polar surface area (TPSA) is 47.8 Å². The number of hydrogen-bond donors (Lipinski definition) is 1. The van der Waals surface area contributed by atoms with Gasteiger partial charge < -0.3 is 14.8 Å². The molecule has 0 radical (unpaired) electrons. The van der Waals surface area contributed by atoms with E-state index in [1.807, 2.05) is 11.9 Å². The molecule has 4 nitrogen and oxygen atoms in total. The van der Waals surface area contributed by atoms with Crippen molar-refractivity contribution in [2.75, 3.05) is 27.2 Å². The number of carboxylic acids is 1.